The van der Waals surface area contributed by atoms with E-state index in [-0.39, 0.29) is 6.04 Å². The van der Waals surface area contributed by atoms with Crippen LogP contribution >= 0.6 is 47.0 Å². The van der Waals surface area contributed by atoms with Gasteiger partial charge in [-0.15, -0.1) is 0 Å². The van der Waals surface area contributed by atoms with Crippen LogP contribution in [0.2, 0.25) is 15.1 Å². The highest BCUT2D eigenvalue weighted by Gasteiger charge is 2.15. The second-order valence-corrected chi connectivity index (χ2v) is 7.28. The van der Waals surface area contributed by atoms with Crippen LogP contribution < -0.4 is 10.6 Å². The van der Waals surface area contributed by atoms with Crippen molar-refractivity contribution in [2.75, 3.05) is 5.32 Å². The summed E-state index contributed by atoms with van der Waals surface area (Å²) in [5.41, 5.74) is 2.91. The number of rotatable bonds is 4. The van der Waals surface area contributed by atoms with E-state index in [4.69, 9.17) is 47.0 Å². The zero-order valence-electron chi connectivity index (χ0n) is 13.5. The maximum absolute atomic E-state index is 6.06. The standard InChI is InChI=1S/C20H15Cl3N2S/c21-15-8-6-14(7-9-15)19(13-4-2-1-3-5-13)25-20(26)24-16-10-11-17(22)18(23)12-16/h1-12,19H,(H2,24,25,26). The Kier molecular flexibility index (Phi) is 6.38. The zero-order valence-corrected chi connectivity index (χ0v) is 16.6. The predicted octanol–water partition coefficient (Wildman–Crippen LogP) is 6.72. The lowest BCUT2D eigenvalue weighted by molar-refractivity contribution is 0.769. The first-order valence-corrected chi connectivity index (χ1v) is 9.40. The van der Waals surface area contributed by atoms with Crippen LogP contribution in [0.15, 0.2) is 72.8 Å². The summed E-state index contributed by atoms with van der Waals surface area (Å²) in [4.78, 5) is 0. The molecule has 0 saturated heterocycles. The van der Waals surface area contributed by atoms with E-state index in [1.54, 1.807) is 12.1 Å². The molecule has 3 aromatic carbocycles. The van der Waals surface area contributed by atoms with Crippen molar-refractivity contribution in [2.24, 2.45) is 0 Å². The Morgan fingerprint density at radius 1 is 0.769 bits per heavy atom. The molecule has 26 heavy (non-hydrogen) atoms. The first-order chi connectivity index (χ1) is 12.5. The van der Waals surface area contributed by atoms with Gasteiger partial charge in [-0.25, -0.2) is 0 Å². The van der Waals surface area contributed by atoms with Gasteiger partial charge in [0.2, 0.25) is 0 Å². The van der Waals surface area contributed by atoms with Gasteiger partial charge in [-0.1, -0.05) is 77.3 Å². The number of nitrogens with one attached hydrogen (secondary N) is 2. The van der Waals surface area contributed by atoms with Crippen molar-refractivity contribution in [1.29, 1.82) is 0 Å². The molecule has 0 bridgehead atoms. The smallest absolute Gasteiger partial charge is 0.171 e. The monoisotopic (exact) mass is 420 g/mol. The Morgan fingerprint density at radius 3 is 2.08 bits per heavy atom. The summed E-state index contributed by atoms with van der Waals surface area (Å²) < 4.78 is 0. The van der Waals surface area contributed by atoms with Crippen molar-refractivity contribution in [1.82, 2.24) is 5.32 Å². The van der Waals surface area contributed by atoms with Gasteiger partial charge in [-0.3, -0.25) is 0 Å². The summed E-state index contributed by atoms with van der Waals surface area (Å²) in [6.45, 7) is 0. The Morgan fingerprint density at radius 2 is 1.42 bits per heavy atom. The first kappa shape index (κ1) is 19.0. The van der Waals surface area contributed by atoms with E-state index in [9.17, 15) is 0 Å². The van der Waals surface area contributed by atoms with Gasteiger partial charge in [-0.05, 0) is 53.7 Å². The zero-order chi connectivity index (χ0) is 18.5. The molecule has 132 valence electrons. The van der Waals surface area contributed by atoms with Crippen molar-refractivity contribution in [3.05, 3.63) is 99.0 Å². The molecule has 1 atom stereocenters. The van der Waals surface area contributed by atoms with Crippen molar-refractivity contribution in [3.8, 4) is 0 Å². The molecule has 0 heterocycles. The van der Waals surface area contributed by atoms with Crippen molar-refractivity contribution < 1.29 is 0 Å². The first-order valence-electron chi connectivity index (χ1n) is 7.86. The number of benzene rings is 3. The lowest BCUT2D eigenvalue weighted by atomic mass is 9.99. The topological polar surface area (TPSA) is 24.1 Å². The van der Waals surface area contributed by atoms with Crippen molar-refractivity contribution in [3.63, 3.8) is 0 Å². The van der Waals surface area contributed by atoms with E-state index < -0.39 is 0 Å². The van der Waals surface area contributed by atoms with Crippen LogP contribution in [0.3, 0.4) is 0 Å². The highest BCUT2D eigenvalue weighted by Crippen LogP contribution is 2.26. The van der Waals surface area contributed by atoms with Crippen LogP contribution in [0.25, 0.3) is 0 Å². The fraction of sp³-hybridized carbons (Fsp3) is 0.0500. The fourth-order valence-electron chi connectivity index (χ4n) is 2.53. The van der Waals surface area contributed by atoms with Crippen LogP contribution in [0.1, 0.15) is 17.2 Å². The summed E-state index contributed by atoms with van der Waals surface area (Å²) >= 11 is 23.5. The van der Waals surface area contributed by atoms with E-state index >= 15 is 0 Å². The molecule has 2 N–H and O–H groups in total. The molecule has 0 radical (unpaired) electrons. The van der Waals surface area contributed by atoms with Gasteiger partial charge in [-0.2, -0.15) is 0 Å². The van der Waals surface area contributed by atoms with Gasteiger partial charge >= 0.3 is 0 Å². The summed E-state index contributed by atoms with van der Waals surface area (Å²) in [5, 5.41) is 8.63. The third-order valence-corrected chi connectivity index (χ3v) is 5.00. The second kappa shape index (κ2) is 8.74. The number of hydrogen-bond acceptors (Lipinski definition) is 1. The Hall–Kier alpha value is -1.78. The summed E-state index contributed by atoms with van der Waals surface area (Å²) in [5.74, 6) is 0. The molecular weight excluding hydrogens is 407 g/mol. The van der Waals surface area contributed by atoms with Gasteiger partial charge in [0.15, 0.2) is 5.11 Å². The summed E-state index contributed by atoms with van der Waals surface area (Å²) in [6.07, 6.45) is 0. The van der Waals surface area contributed by atoms with Gasteiger partial charge in [0.1, 0.15) is 0 Å². The molecule has 2 nitrogen and oxygen atoms in total. The van der Waals surface area contributed by atoms with E-state index in [0.717, 1.165) is 16.8 Å². The molecule has 0 aliphatic rings. The Labute approximate surface area is 173 Å². The van der Waals surface area contributed by atoms with Gasteiger partial charge in [0.25, 0.3) is 0 Å². The Bertz CT molecular complexity index is 899. The van der Waals surface area contributed by atoms with Crippen LogP contribution in [0.4, 0.5) is 5.69 Å². The van der Waals surface area contributed by atoms with Gasteiger partial charge < -0.3 is 10.6 Å². The van der Waals surface area contributed by atoms with Crippen LogP contribution in [-0.4, -0.2) is 5.11 Å². The molecule has 6 heteroatoms. The molecule has 0 amide bonds. The minimum atomic E-state index is -0.115. The van der Waals surface area contributed by atoms with E-state index in [1.165, 1.54) is 0 Å². The third kappa shape index (κ3) is 4.89. The number of thiocarbonyl (C=S) groups is 1. The molecule has 1 unspecified atom stereocenters. The lowest BCUT2D eigenvalue weighted by Crippen LogP contribution is -2.33. The van der Waals surface area contributed by atoms with E-state index in [2.05, 4.69) is 10.6 Å². The largest absolute Gasteiger partial charge is 0.352 e. The van der Waals surface area contributed by atoms with Crippen LogP contribution in [0.5, 0.6) is 0 Å². The minimum Gasteiger partial charge on any atom is -0.352 e. The average molecular weight is 422 g/mol. The second-order valence-electron chi connectivity index (χ2n) is 5.62. The molecule has 0 saturated carbocycles. The molecule has 0 spiro atoms. The average Bonchev–Trinajstić information content (AvgIpc) is 2.64. The van der Waals surface area contributed by atoms with E-state index in [1.807, 2.05) is 60.7 Å². The lowest BCUT2D eigenvalue weighted by Gasteiger charge is -2.22. The minimum absolute atomic E-state index is 0.115. The summed E-state index contributed by atoms with van der Waals surface area (Å²) in [7, 11) is 0. The number of hydrogen-bond donors (Lipinski definition) is 2. The molecule has 0 aliphatic heterocycles. The predicted molar refractivity (Wildman–Crippen MR) is 116 cm³/mol. The molecule has 0 aromatic heterocycles. The van der Waals surface area contributed by atoms with Crippen LogP contribution in [0, 0.1) is 0 Å². The normalized spacial score (nSPS) is 11.7. The SMILES string of the molecule is S=C(Nc1ccc(Cl)c(Cl)c1)NC(c1ccccc1)c1ccc(Cl)cc1. The number of halogens is 3. The quantitative estimate of drug-likeness (QED) is 0.457. The maximum Gasteiger partial charge on any atom is 0.171 e. The highest BCUT2D eigenvalue weighted by atomic mass is 35.5. The Balaban J connectivity index is 1.82. The molecular formula is C20H15Cl3N2S. The number of anilines is 1. The van der Waals surface area contributed by atoms with Gasteiger partial charge in [0.05, 0.1) is 16.1 Å². The van der Waals surface area contributed by atoms with Crippen molar-refractivity contribution in [2.45, 2.75) is 6.04 Å². The highest BCUT2D eigenvalue weighted by molar-refractivity contribution is 7.80. The third-order valence-electron chi connectivity index (χ3n) is 3.79. The molecule has 3 aromatic rings. The van der Waals surface area contributed by atoms with Crippen molar-refractivity contribution >= 4 is 57.8 Å². The molecule has 0 fully saturated rings. The fourth-order valence-corrected chi connectivity index (χ4v) is 3.19. The maximum atomic E-state index is 6.06. The van der Waals surface area contributed by atoms with Gasteiger partial charge in [0, 0.05) is 10.7 Å². The molecule has 3 rings (SSSR count). The molecule has 0 aliphatic carbocycles. The summed E-state index contributed by atoms with van der Waals surface area (Å²) in [6, 6.07) is 22.9. The van der Waals surface area contributed by atoms with E-state index in [0.29, 0.717) is 20.2 Å². The van der Waals surface area contributed by atoms with Crippen LogP contribution in [-0.2, 0) is 0 Å².